The van der Waals surface area contributed by atoms with E-state index in [1.165, 1.54) is 0 Å². The van der Waals surface area contributed by atoms with Gasteiger partial charge in [0.15, 0.2) is 0 Å². The van der Waals surface area contributed by atoms with Gasteiger partial charge in [-0.15, -0.1) is 0 Å². The minimum absolute atomic E-state index is 0.0545. The number of amides is 1. The van der Waals surface area contributed by atoms with Gasteiger partial charge in [-0.1, -0.05) is 36.4 Å². The van der Waals surface area contributed by atoms with E-state index in [1.54, 1.807) is 13.2 Å². The number of ether oxygens (including phenoxy) is 1. The van der Waals surface area contributed by atoms with Crippen molar-refractivity contribution in [2.45, 2.75) is 32.3 Å². The number of methoxy groups -OCH3 is 1. The molecular weight excluding hydrogens is 330 g/mol. The summed E-state index contributed by atoms with van der Waals surface area (Å²) >= 11 is 0. The first-order valence-electron chi connectivity index (χ1n) is 8.66. The van der Waals surface area contributed by atoms with Gasteiger partial charge >= 0.3 is 5.97 Å². The quantitative estimate of drug-likeness (QED) is 0.832. The van der Waals surface area contributed by atoms with Gasteiger partial charge in [-0.3, -0.25) is 9.59 Å². The van der Waals surface area contributed by atoms with E-state index in [0.29, 0.717) is 18.5 Å². The van der Waals surface area contributed by atoms with Crippen LogP contribution in [0.5, 0.6) is 0 Å². The van der Waals surface area contributed by atoms with Gasteiger partial charge < -0.3 is 15.2 Å². The van der Waals surface area contributed by atoms with Crippen LogP contribution in [0.25, 0.3) is 0 Å². The molecule has 1 unspecified atom stereocenters. The molecule has 2 aromatic rings. The first-order valence-corrected chi connectivity index (χ1v) is 8.66. The number of hydrogen-bond acceptors (Lipinski definition) is 3. The van der Waals surface area contributed by atoms with Crippen LogP contribution < -0.4 is 5.32 Å². The second-order valence-electron chi connectivity index (χ2n) is 6.94. The van der Waals surface area contributed by atoms with Crippen LogP contribution in [0, 0.1) is 5.41 Å². The number of carboxylic acids is 1. The number of nitrogens with one attached hydrogen (secondary N) is 1. The van der Waals surface area contributed by atoms with Gasteiger partial charge in [-0.2, -0.15) is 0 Å². The van der Waals surface area contributed by atoms with Gasteiger partial charge in [0.25, 0.3) is 0 Å². The number of rotatable bonds is 6. The second kappa shape index (κ2) is 7.30. The molecule has 5 heteroatoms. The number of benzene rings is 2. The number of carboxylic acid groups (broad SMARTS) is 1. The first kappa shape index (κ1) is 18.1. The molecular formula is C21H23NO4. The van der Waals surface area contributed by atoms with Crippen molar-refractivity contribution in [3.05, 3.63) is 65.2 Å². The molecule has 1 aliphatic carbocycles. The van der Waals surface area contributed by atoms with Crippen LogP contribution in [0.3, 0.4) is 0 Å². The maximum atomic E-state index is 12.6. The summed E-state index contributed by atoms with van der Waals surface area (Å²) in [4.78, 5) is 24.5. The lowest BCUT2D eigenvalue weighted by Crippen LogP contribution is -2.36. The Labute approximate surface area is 153 Å². The molecule has 2 N–H and O–H groups in total. The molecule has 5 nitrogen and oxygen atoms in total. The smallest absolute Gasteiger partial charge is 0.310 e. The monoisotopic (exact) mass is 353 g/mol. The van der Waals surface area contributed by atoms with E-state index in [0.717, 1.165) is 16.7 Å². The zero-order valence-electron chi connectivity index (χ0n) is 15.0. The zero-order chi connectivity index (χ0) is 18.7. The van der Waals surface area contributed by atoms with Crippen LogP contribution in [-0.2, 0) is 27.2 Å². The summed E-state index contributed by atoms with van der Waals surface area (Å²) in [5.74, 6) is -1.21. The minimum atomic E-state index is -1.08. The Kier molecular flexibility index (Phi) is 5.09. The third kappa shape index (κ3) is 3.63. The van der Waals surface area contributed by atoms with Gasteiger partial charge in [0.2, 0.25) is 5.91 Å². The summed E-state index contributed by atoms with van der Waals surface area (Å²) in [7, 11) is 1.63. The molecule has 0 saturated heterocycles. The summed E-state index contributed by atoms with van der Waals surface area (Å²) in [6.07, 6.45) is 0.627. The lowest BCUT2D eigenvalue weighted by Gasteiger charge is -2.23. The predicted molar refractivity (Wildman–Crippen MR) is 99.0 cm³/mol. The van der Waals surface area contributed by atoms with E-state index < -0.39 is 11.4 Å². The summed E-state index contributed by atoms with van der Waals surface area (Å²) in [6, 6.07) is 15.1. The van der Waals surface area contributed by atoms with E-state index in [9.17, 15) is 14.7 Å². The number of anilines is 1. The SMILES string of the molecule is COC(C)c1cccc(NC(=O)CC2(C(=O)O)Cc3ccccc3C2)c1. The highest BCUT2D eigenvalue weighted by Crippen LogP contribution is 2.40. The Morgan fingerprint density at radius 2 is 1.81 bits per heavy atom. The summed E-state index contributed by atoms with van der Waals surface area (Å²) in [5, 5.41) is 12.6. The third-order valence-corrected chi connectivity index (χ3v) is 5.12. The topological polar surface area (TPSA) is 75.6 Å². The van der Waals surface area contributed by atoms with Gasteiger partial charge in [0.1, 0.15) is 0 Å². The number of fused-ring (bicyclic) bond motifs is 1. The lowest BCUT2D eigenvalue weighted by molar-refractivity contribution is -0.150. The molecule has 2 aromatic carbocycles. The second-order valence-corrected chi connectivity index (χ2v) is 6.94. The average molecular weight is 353 g/mol. The Balaban J connectivity index is 1.74. The van der Waals surface area contributed by atoms with Crippen molar-refractivity contribution in [1.29, 1.82) is 0 Å². The molecule has 3 rings (SSSR count). The zero-order valence-corrected chi connectivity index (χ0v) is 15.0. The largest absolute Gasteiger partial charge is 0.481 e. The van der Waals surface area contributed by atoms with Crippen molar-refractivity contribution in [1.82, 2.24) is 0 Å². The molecule has 26 heavy (non-hydrogen) atoms. The molecule has 136 valence electrons. The van der Waals surface area contributed by atoms with Crippen LogP contribution in [0.4, 0.5) is 5.69 Å². The highest BCUT2D eigenvalue weighted by atomic mass is 16.5. The standard InChI is InChI=1S/C21H23NO4/c1-14(26-2)15-8-5-9-18(10-15)22-19(23)13-21(20(24)25)11-16-6-3-4-7-17(16)12-21/h3-10,14H,11-13H2,1-2H3,(H,22,23)(H,24,25). The van der Waals surface area contributed by atoms with Crippen molar-refractivity contribution in [2.24, 2.45) is 5.41 Å². The molecule has 0 aromatic heterocycles. The van der Waals surface area contributed by atoms with Crippen molar-refractivity contribution >= 4 is 17.6 Å². The fraction of sp³-hybridized carbons (Fsp3) is 0.333. The molecule has 1 atom stereocenters. The summed E-state index contributed by atoms with van der Waals surface area (Å²) in [5.41, 5.74) is 2.54. The van der Waals surface area contributed by atoms with Crippen molar-refractivity contribution < 1.29 is 19.4 Å². The lowest BCUT2D eigenvalue weighted by atomic mass is 9.81. The van der Waals surface area contributed by atoms with Crippen molar-refractivity contribution in [3.63, 3.8) is 0 Å². The maximum Gasteiger partial charge on any atom is 0.310 e. The van der Waals surface area contributed by atoms with Gasteiger partial charge in [0.05, 0.1) is 11.5 Å². The van der Waals surface area contributed by atoms with Crippen molar-refractivity contribution in [3.8, 4) is 0 Å². The van der Waals surface area contributed by atoms with E-state index in [1.807, 2.05) is 49.4 Å². The van der Waals surface area contributed by atoms with Crippen LogP contribution in [0.1, 0.15) is 36.1 Å². The van der Waals surface area contributed by atoms with E-state index in [4.69, 9.17) is 4.74 Å². The molecule has 0 spiro atoms. The Morgan fingerprint density at radius 1 is 1.15 bits per heavy atom. The van der Waals surface area contributed by atoms with Crippen LogP contribution in [0.15, 0.2) is 48.5 Å². The fourth-order valence-corrected chi connectivity index (χ4v) is 3.56. The van der Waals surface area contributed by atoms with Crippen LogP contribution >= 0.6 is 0 Å². The van der Waals surface area contributed by atoms with Gasteiger partial charge in [0, 0.05) is 19.2 Å². The highest BCUT2D eigenvalue weighted by molar-refractivity contribution is 5.94. The maximum absolute atomic E-state index is 12.6. The molecule has 0 bridgehead atoms. The number of carbonyl (C=O) groups is 2. The van der Waals surface area contributed by atoms with Gasteiger partial charge in [-0.25, -0.2) is 0 Å². The average Bonchev–Trinajstić information content (AvgIpc) is 3.00. The summed E-state index contributed by atoms with van der Waals surface area (Å²) in [6.45, 7) is 1.93. The normalized spacial score (nSPS) is 15.9. The Hall–Kier alpha value is -2.66. The molecule has 0 saturated carbocycles. The Morgan fingerprint density at radius 3 is 2.38 bits per heavy atom. The molecule has 0 heterocycles. The Bertz CT molecular complexity index is 805. The first-order chi connectivity index (χ1) is 12.4. The van der Waals surface area contributed by atoms with Crippen LogP contribution in [-0.4, -0.2) is 24.1 Å². The van der Waals surface area contributed by atoms with E-state index in [2.05, 4.69) is 5.32 Å². The highest BCUT2D eigenvalue weighted by Gasteiger charge is 2.45. The predicted octanol–water partition coefficient (Wildman–Crippen LogP) is 3.59. The van der Waals surface area contributed by atoms with E-state index in [-0.39, 0.29) is 18.4 Å². The van der Waals surface area contributed by atoms with Gasteiger partial charge in [-0.05, 0) is 48.6 Å². The molecule has 1 aliphatic rings. The molecule has 1 amide bonds. The fourth-order valence-electron chi connectivity index (χ4n) is 3.56. The van der Waals surface area contributed by atoms with E-state index >= 15 is 0 Å². The number of carbonyl (C=O) groups excluding carboxylic acids is 1. The summed E-state index contributed by atoms with van der Waals surface area (Å²) < 4.78 is 5.30. The molecule has 0 fully saturated rings. The minimum Gasteiger partial charge on any atom is -0.481 e. The molecule has 0 aliphatic heterocycles. The third-order valence-electron chi connectivity index (χ3n) is 5.12. The number of hydrogen-bond donors (Lipinski definition) is 2. The number of aliphatic carboxylic acids is 1. The van der Waals surface area contributed by atoms with Crippen LogP contribution in [0.2, 0.25) is 0 Å². The van der Waals surface area contributed by atoms with Crippen molar-refractivity contribution in [2.75, 3.05) is 12.4 Å². The molecule has 0 radical (unpaired) electrons.